The molecule has 1 saturated heterocycles. The molecule has 0 saturated carbocycles. The summed E-state index contributed by atoms with van der Waals surface area (Å²) < 4.78 is 7.67. The van der Waals surface area contributed by atoms with Crippen molar-refractivity contribution in [3.63, 3.8) is 0 Å². The molecular weight excluding hydrogens is 416 g/mol. The van der Waals surface area contributed by atoms with Gasteiger partial charge in [0.05, 0.1) is 24.9 Å². The van der Waals surface area contributed by atoms with Gasteiger partial charge in [0.1, 0.15) is 22.7 Å². The normalized spacial score (nSPS) is 14.7. The number of rotatable bonds is 4. The minimum atomic E-state index is 0.138. The number of hydrogen-bond acceptors (Lipinski definition) is 5. The zero-order valence-corrected chi connectivity index (χ0v) is 19.4. The Kier molecular flexibility index (Phi) is 5.36. The molecule has 1 amide bonds. The van der Waals surface area contributed by atoms with Gasteiger partial charge in [-0.15, -0.1) is 0 Å². The van der Waals surface area contributed by atoms with Gasteiger partial charge in [0.25, 0.3) is 0 Å². The number of piperidine rings is 1. The lowest BCUT2D eigenvalue weighted by atomic mass is 9.99. The summed E-state index contributed by atoms with van der Waals surface area (Å²) in [5, 5.41) is 12.3. The van der Waals surface area contributed by atoms with Gasteiger partial charge in [0, 0.05) is 43.4 Å². The Morgan fingerprint density at radius 3 is 2.70 bits per heavy atom. The maximum absolute atomic E-state index is 11.6. The van der Waals surface area contributed by atoms with Crippen LogP contribution in [0.1, 0.15) is 36.9 Å². The van der Waals surface area contributed by atoms with E-state index in [2.05, 4.69) is 41.3 Å². The fourth-order valence-corrected chi connectivity index (χ4v) is 4.59. The van der Waals surface area contributed by atoms with Gasteiger partial charge in [-0.2, -0.15) is 10.2 Å². The van der Waals surface area contributed by atoms with Crippen LogP contribution in [0, 0.1) is 13.8 Å². The molecule has 3 aromatic heterocycles. The van der Waals surface area contributed by atoms with Crippen molar-refractivity contribution in [2.45, 2.75) is 39.7 Å². The number of aromatic nitrogens is 5. The van der Waals surface area contributed by atoms with E-state index in [0.717, 1.165) is 59.5 Å². The number of methoxy groups -OCH3 is 1. The van der Waals surface area contributed by atoms with Crippen LogP contribution in [-0.2, 0) is 4.79 Å². The Morgan fingerprint density at radius 1 is 1.18 bits per heavy atom. The van der Waals surface area contributed by atoms with Crippen LogP contribution >= 0.6 is 0 Å². The van der Waals surface area contributed by atoms with E-state index in [0.29, 0.717) is 5.75 Å². The van der Waals surface area contributed by atoms with Crippen molar-refractivity contribution < 1.29 is 9.53 Å². The number of carbonyl (C=O) groups is 1. The molecule has 33 heavy (non-hydrogen) atoms. The molecule has 170 valence electrons. The van der Waals surface area contributed by atoms with Gasteiger partial charge < -0.3 is 9.64 Å². The molecule has 1 N–H and O–H groups in total. The Labute approximate surface area is 192 Å². The van der Waals surface area contributed by atoms with Crippen LogP contribution < -0.4 is 4.74 Å². The summed E-state index contributed by atoms with van der Waals surface area (Å²) in [5.74, 6) is 0.845. The number of ether oxygens (including phenoxy) is 1. The number of benzene rings is 1. The number of aromatic amines is 1. The predicted molar refractivity (Wildman–Crippen MR) is 127 cm³/mol. The van der Waals surface area contributed by atoms with Crippen molar-refractivity contribution in [3.8, 4) is 28.3 Å². The Bertz CT molecular complexity index is 1330. The zero-order valence-electron chi connectivity index (χ0n) is 19.4. The second-order valence-electron chi connectivity index (χ2n) is 8.70. The zero-order chi connectivity index (χ0) is 23.1. The molecule has 1 aliphatic heterocycles. The molecule has 4 aromatic rings. The van der Waals surface area contributed by atoms with E-state index in [9.17, 15) is 4.79 Å². The molecule has 0 spiro atoms. The summed E-state index contributed by atoms with van der Waals surface area (Å²) in [5.41, 5.74) is 7.53. The quantitative estimate of drug-likeness (QED) is 0.507. The number of nitrogens with one attached hydrogen (secondary N) is 1. The van der Waals surface area contributed by atoms with Crippen molar-refractivity contribution in [3.05, 3.63) is 47.8 Å². The Hall–Kier alpha value is -3.68. The lowest BCUT2D eigenvalue weighted by Crippen LogP contribution is -2.37. The van der Waals surface area contributed by atoms with Crippen molar-refractivity contribution >= 4 is 16.9 Å². The van der Waals surface area contributed by atoms with Gasteiger partial charge in [-0.25, -0.2) is 4.98 Å². The Balaban J connectivity index is 1.51. The molecule has 0 unspecified atom stereocenters. The molecule has 0 aliphatic carbocycles. The van der Waals surface area contributed by atoms with Gasteiger partial charge in [0.15, 0.2) is 0 Å². The first-order valence-electron chi connectivity index (χ1n) is 11.3. The lowest BCUT2D eigenvalue weighted by Gasteiger charge is -2.31. The number of pyridine rings is 1. The van der Waals surface area contributed by atoms with Crippen LogP contribution in [0.3, 0.4) is 0 Å². The van der Waals surface area contributed by atoms with Crippen LogP contribution in [0.4, 0.5) is 0 Å². The second-order valence-corrected chi connectivity index (χ2v) is 8.70. The van der Waals surface area contributed by atoms with E-state index < -0.39 is 0 Å². The highest BCUT2D eigenvalue weighted by molar-refractivity contribution is 5.92. The van der Waals surface area contributed by atoms with Crippen molar-refractivity contribution in [1.29, 1.82) is 0 Å². The average molecular weight is 445 g/mol. The monoisotopic (exact) mass is 444 g/mol. The highest BCUT2D eigenvalue weighted by Gasteiger charge is 2.24. The first kappa shape index (κ1) is 21.2. The SMILES string of the molecule is COc1cc2[nH]nc(-c3cnn(C4CCN(C(C)=O)CC4)c3)c2nc1-c1cccc(C)c1C. The molecular formula is C25H28N6O2. The second kappa shape index (κ2) is 8.35. The van der Waals surface area contributed by atoms with Gasteiger partial charge >= 0.3 is 0 Å². The predicted octanol–water partition coefficient (Wildman–Crippen LogP) is 4.30. The van der Waals surface area contributed by atoms with Crippen LogP contribution in [0.25, 0.3) is 33.5 Å². The average Bonchev–Trinajstić information content (AvgIpc) is 3.47. The fraction of sp³-hybridized carbons (Fsp3) is 0.360. The highest BCUT2D eigenvalue weighted by Crippen LogP contribution is 2.36. The van der Waals surface area contributed by atoms with Crippen LogP contribution in [-0.4, -0.2) is 56.0 Å². The fourth-order valence-electron chi connectivity index (χ4n) is 4.59. The number of amides is 1. The molecule has 1 aliphatic rings. The lowest BCUT2D eigenvalue weighted by molar-refractivity contribution is -0.130. The molecule has 0 atom stereocenters. The first-order valence-corrected chi connectivity index (χ1v) is 11.3. The van der Waals surface area contributed by atoms with E-state index in [1.807, 2.05) is 34.1 Å². The molecule has 8 nitrogen and oxygen atoms in total. The Morgan fingerprint density at radius 2 is 1.97 bits per heavy atom. The molecule has 4 heterocycles. The van der Waals surface area contributed by atoms with E-state index in [-0.39, 0.29) is 11.9 Å². The third-order valence-electron chi connectivity index (χ3n) is 6.74. The molecule has 1 fully saturated rings. The number of hydrogen-bond donors (Lipinski definition) is 1. The topological polar surface area (TPSA) is 88.9 Å². The number of nitrogens with zero attached hydrogens (tertiary/aromatic N) is 5. The molecule has 8 heteroatoms. The summed E-state index contributed by atoms with van der Waals surface area (Å²) in [7, 11) is 1.66. The number of aryl methyl sites for hydroxylation is 1. The number of likely N-dealkylation sites (tertiary alicyclic amines) is 1. The van der Waals surface area contributed by atoms with E-state index in [1.54, 1.807) is 14.0 Å². The maximum Gasteiger partial charge on any atom is 0.219 e. The summed E-state index contributed by atoms with van der Waals surface area (Å²) in [6, 6.07) is 8.45. The van der Waals surface area contributed by atoms with Gasteiger partial charge in [-0.1, -0.05) is 18.2 Å². The van der Waals surface area contributed by atoms with E-state index in [1.165, 1.54) is 11.1 Å². The van der Waals surface area contributed by atoms with Gasteiger partial charge in [0.2, 0.25) is 5.91 Å². The van der Waals surface area contributed by atoms with Crippen molar-refractivity contribution in [1.82, 2.24) is 29.9 Å². The van der Waals surface area contributed by atoms with Gasteiger partial charge in [-0.3, -0.25) is 14.6 Å². The summed E-state index contributed by atoms with van der Waals surface area (Å²) in [4.78, 5) is 18.5. The largest absolute Gasteiger partial charge is 0.494 e. The standard InChI is InChI=1S/C25H28N6O2/c1-15-6-5-7-20(16(15)2)24-22(33-4)12-21-25(27-24)23(29-28-21)18-13-26-31(14-18)19-8-10-30(11-9-19)17(3)32/h5-7,12-14,19H,8-11H2,1-4H3,(H,28,29). The summed E-state index contributed by atoms with van der Waals surface area (Å²) >= 11 is 0. The number of H-pyrrole nitrogens is 1. The smallest absolute Gasteiger partial charge is 0.219 e. The third-order valence-corrected chi connectivity index (χ3v) is 6.74. The van der Waals surface area contributed by atoms with E-state index >= 15 is 0 Å². The highest BCUT2D eigenvalue weighted by atomic mass is 16.5. The first-order chi connectivity index (χ1) is 16.0. The summed E-state index contributed by atoms with van der Waals surface area (Å²) in [6.45, 7) is 7.36. The number of fused-ring (bicyclic) bond motifs is 1. The van der Waals surface area contributed by atoms with Crippen molar-refractivity contribution in [2.24, 2.45) is 0 Å². The maximum atomic E-state index is 11.6. The molecule has 0 bridgehead atoms. The molecule has 1 aromatic carbocycles. The number of carbonyl (C=O) groups excluding carboxylic acids is 1. The van der Waals surface area contributed by atoms with Crippen LogP contribution in [0.15, 0.2) is 36.7 Å². The van der Waals surface area contributed by atoms with E-state index in [4.69, 9.17) is 9.72 Å². The summed E-state index contributed by atoms with van der Waals surface area (Å²) in [6.07, 6.45) is 5.67. The minimum Gasteiger partial charge on any atom is -0.494 e. The molecule has 5 rings (SSSR count). The third kappa shape index (κ3) is 3.75. The molecule has 0 radical (unpaired) electrons. The van der Waals surface area contributed by atoms with Crippen LogP contribution in [0.2, 0.25) is 0 Å². The van der Waals surface area contributed by atoms with Gasteiger partial charge in [-0.05, 0) is 37.8 Å². The van der Waals surface area contributed by atoms with Crippen LogP contribution in [0.5, 0.6) is 5.75 Å². The van der Waals surface area contributed by atoms with Crippen molar-refractivity contribution in [2.75, 3.05) is 20.2 Å². The minimum absolute atomic E-state index is 0.138.